The molecule has 0 aliphatic carbocycles. The van der Waals surface area contributed by atoms with Crippen LogP contribution in [0.1, 0.15) is 11.1 Å². The number of hydrogen-bond acceptors (Lipinski definition) is 3. The summed E-state index contributed by atoms with van der Waals surface area (Å²) < 4.78 is 5.77. The largest absolute Gasteiger partial charge is 0.489 e. The van der Waals surface area contributed by atoms with Crippen LogP contribution >= 0.6 is 23.8 Å². The van der Waals surface area contributed by atoms with Crippen LogP contribution in [0.3, 0.4) is 0 Å². The predicted molar refractivity (Wildman–Crippen MR) is 94.1 cm³/mol. The second-order valence-electron chi connectivity index (χ2n) is 4.92. The number of thiocarbonyl (C=S) groups is 1. The molecule has 116 valence electrons. The monoisotopic (exact) mass is 344 g/mol. The van der Waals surface area contributed by atoms with Crippen LogP contribution in [0.5, 0.6) is 5.75 Å². The maximum absolute atomic E-state index is 11.6. The van der Waals surface area contributed by atoms with Gasteiger partial charge in [-0.3, -0.25) is 10.1 Å². The molecule has 1 heterocycles. The van der Waals surface area contributed by atoms with E-state index in [0.29, 0.717) is 28.2 Å². The molecule has 3 rings (SSSR count). The van der Waals surface area contributed by atoms with Gasteiger partial charge in [0.15, 0.2) is 5.11 Å². The summed E-state index contributed by atoms with van der Waals surface area (Å²) in [5.74, 6) is 0.456. The van der Waals surface area contributed by atoms with Crippen LogP contribution < -0.4 is 15.4 Å². The van der Waals surface area contributed by atoms with E-state index in [9.17, 15) is 4.79 Å². The van der Waals surface area contributed by atoms with Crippen molar-refractivity contribution in [3.8, 4) is 5.75 Å². The van der Waals surface area contributed by atoms with Gasteiger partial charge in [-0.15, -0.1) is 0 Å². The van der Waals surface area contributed by atoms with Crippen molar-refractivity contribution in [2.24, 2.45) is 0 Å². The average molecular weight is 345 g/mol. The van der Waals surface area contributed by atoms with Gasteiger partial charge in [0.2, 0.25) is 0 Å². The molecule has 0 saturated carbocycles. The third kappa shape index (κ3) is 3.88. The van der Waals surface area contributed by atoms with Gasteiger partial charge in [-0.1, -0.05) is 41.9 Å². The maximum Gasteiger partial charge on any atom is 0.273 e. The molecular formula is C17H13ClN2O2S. The number of ether oxygens (including phenoxy) is 1. The second-order valence-corrected chi connectivity index (χ2v) is 5.73. The standard InChI is InChI=1S/C17H13ClN2O2S/c18-14-7-2-1-5-12(14)10-22-13-6-3-4-11(8-13)9-15-16(21)20-17(23)19-15/h1-9H,10H2,(H2,19,20,21,23)/b15-9-. The van der Waals surface area contributed by atoms with Crippen molar-refractivity contribution in [1.29, 1.82) is 0 Å². The van der Waals surface area contributed by atoms with Gasteiger partial charge < -0.3 is 10.1 Å². The number of halogens is 1. The van der Waals surface area contributed by atoms with E-state index in [1.165, 1.54) is 0 Å². The Morgan fingerprint density at radius 1 is 1.13 bits per heavy atom. The summed E-state index contributed by atoms with van der Waals surface area (Å²) in [6.07, 6.45) is 1.72. The number of benzene rings is 2. The SMILES string of the molecule is O=C1NC(=S)N/C1=C\c1cccc(OCc2ccccc2Cl)c1. The lowest BCUT2D eigenvalue weighted by Crippen LogP contribution is -2.21. The summed E-state index contributed by atoms with van der Waals surface area (Å²) in [6.45, 7) is 0.378. The van der Waals surface area contributed by atoms with Gasteiger partial charge in [-0.2, -0.15) is 0 Å². The van der Waals surface area contributed by atoms with Gasteiger partial charge in [0.25, 0.3) is 5.91 Å². The minimum Gasteiger partial charge on any atom is -0.489 e. The lowest BCUT2D eigenvalue weighted by Gasteiger charge is -2.08. The van der Waals surface area contributed by atoms with Gasteiger partial charge >= 0.3 is 0 Å². The number of amides is 1. The van der Waals surface area contributed by atoms with E-state index in [1.807, 2.05) is 48.5 Å². The number of nitrogens with one attached hydrogen (secondary N) is 2. The molecule has 0 unspecified atom stereocenters. The van der Waals surface area contributed by atoms with Crippen LogP contribution in [0, 0.1) is 0 Å². The molecule has 1 saturated heterocycles. The van der Waals surface area contributed by atoms with Crippen LogP contribution in [0.4, 0.5) is 0 Å². The molecule has 0 bridgehead atoms. The Bertz CT molecular complexity index is 805. The summed E-state index contributed by atoms with van der Waals surface area (Å²) in [6, 6.07) is 15.0. The zero-order chi connectivity index (χ0) is 16.2. The van der Waals surface area contributed by atoms with E-state index in [4.69, 9.17) is 28.6 Å². The minimum atomic E-state index is -0.239. The van der Waals surface area contributed by atoms with Crippen molar-refractivity contribution in [2.75, 3.05) is 0 Å². The zero-order valence-corrected chi connectivity index (χ0v) is 13.6. The van der Waals surface area contributed by atoms with E-state index in [-0.39, 0.29) is 5.91 Å². The Balaban J connectivity index is 1.73. The Labute approximate surface area is 144 Å². The van der Waals surface area contributed by atoms with Crippen LogP contribution in [0.15, 0.2) is 54.2 Å². The summed E-state index contributed by atoms with van der Waals surface area (Å²) in [5, 5.41) is 6.32. The maximum atomic E-state index is 11.6. The van der Waals surface area contributed by atoms with Crippen molar-refractivity contribution >= 4 is 40.9 Å². The first-order valence-electron chi connectivity index (χ1n) is 6.92. The highest BCUT2D eigenvalue weighted by atomic mass is 35.5. The van der Waals surface area contributed by atoms with Gasteiger partial charge in [-0.05, 0) is 42.1 Å². The molecule has 4 nitrogen and oxygen atoms in total. The molecule has 23 heavy (non-hydrogen) atoms. The molecule has 0 radical (unpaired) electrons. The first-order chi connectivity index (χ1) is 11.1. The molecule has 0 atom stereocenters. The summed E-state index contributed by atoms with van der Waals surface area (Å²) in [7, 11) is 0. The Kier molecular flexibility index (Phi) is 4.60. The van der Waals surface area contributed by atoms with Crippen LogP contribution in [-0.2, 0) is 11.4 Å². The Morgan fingerprint density at radius 2 is 1.96 bits per heavy atom. The number of carbonyl (C=O) groups is 1. The predicted octanol–water partition coefficient (Wildman–Crippen LogP) is 3.26. The van der Waals surface area contributed by atoms with Crippen molar-refractivity contribution < 1.29 is 9.53 Å². The molecule has 2 N–H and O–H groups in total. The lowest BCUT2D eigenvalue weighted by atomic mass is 10.2. The Hall–Kier alpha value is -2.37. The fourth-order valence-corrected chi connectivity index (χ4v) is 2.51. The van der Waals surface area contributed by atoms with E-state index in [1.54, 1.807) is 6.08 Å². The quantitative estimate of drug-likeness (QED) is 0.660. The van der Waals surface area contributed by atoms with Gasteiger partial charge in [0.1, 0.15) is 18.1 Å². The third-order valence-electron chi connectivity index (χ3n) is 3.24. The van der Waals surface area contributed by atoms with Crippen LogP contribution in [-0.4, -0.2) is 11.0 Å². The number of hydrogen-bond donors (Lipinski definition) is 2. The minimum absolute atomic E-state index is 0.239. The van der Waals surface area contributed by atoms with Crippen molar-refractivity contribution in [3.05, 3.63) is 70.4 Å². The van der Waals surface area contributed by atoms with Crippen molar-refractivity contribution in [3.63, 3.8) is 0 Å². The van der Waals surface area contributed by atoms with E-state index < -0.39 is 0 Å². The topological polar surface area (TPSA) is 50.4 Å². The van der Waals surface area contributed by atoms with Gasteiger partial charge in [-0.25, -0.2) is 0 Å². The van der Waals surface area contributed by atoms with E-state index in [2.05, 4.69) is 10.6 Å². The average Bonchev–Trinajstić information content (AvgIpc) is 2.84. The molecule has 6 heteroatoms. The highest BCUT2D eigenvalue weighted by Crippen LogP contribution is 2.20. The lowest BCUT2D eigenvalue weighted by molar-refractivity contribution is -0.115. The summed E-state index contributed by atoms with van der Waals surface area (Å²) in [5.41, 5.74) is 2.17. The molecule has 2 aromatic carbocycles. The highest BCUT2D eigenvalue weighted by molar-refractivity contribution is 7.80. The molecule has 0 spiro atoms. The van der Waals surface area contributed by atoms with E-state index in [0.717, 1.165) is 11.1 Å². The van der Waals surface area contributed by atoms with E-state index >= 15 is 0 Å². The number of rotatable bonds is 4. The first-order valence-corrected chi connectivity index (χ1v) is 7.71. The smallest absolute Gasteiger partial charge is 0.273 e. The molecule has 1 aliphatic rings. The normalized spacial score (nSPS) is 15.4. The van der Waals surface area contributed by atoms with Crippen molar-refractivity contribution in [2.45, 2.75) is 6.61 Å². The van der Waals surface area contributed by atoms with Crippen LogP contribution in [0.25, 0.3) is 6.08 Å². The number of carbonyl (C=O) groups excluding carboxylic acids is 1. The summed E-state index contributed by atoms with van der Waals surface area (Å²) >= 11 is 11.0. The summed E-state index contributed by atoms with van der Waals surface area (Å²) in [4.78, 5) is 11.6. The Morgan fingerprint density at radius 3 is 2.70 bits per heavy atom. The van der Waals surface area contributed by atoms with Gasteiger partial charge in [0, 0.05) is 10.6 Å². The van der Waals surface area contributed by atoms with Crippen LogP contribution in [0.2, 0.25) is 5.02 Å². The third-order valence-corrected chi connectivity index (χ3v) is 3.81. The molecule has 1 fully saturated rings. The molecule has 2 aromatic rings. The molecule has 0 aromatic heterocycles. The molecular weight excluding hydrogens is 332 g/mol. The highest BCUT2D eigenvalue weighted by Gasteiger charge is 2.19. The van der Waals surface area contributed by atoms with Gasteiger partial charge in [0.05, 0.1) is 0 Å². The first kappa shape index (κ1) is 15.5. The van der Waals surface area contributed by atoms with Crippen molar-refractivity contribution in [1.82, 2.24) is 10.6 Å². The molecule has 1 aliphatic heterocycles. The zero-order valence-electron chi connectivity index (χ0n) is 12.0. The fraction of sp³-hybridized carbons (Fsp3) is 0.0588. The fourth-order valence-electron chi connectivity index (χ4n) is 2.12. The molecule has 1 amide bonds. The second kappa shape index (κ2) is 6.81.